The largest absolute Gasteiger partial charge is 0.447 e. The lowest BCUT2D eigenvalue weighted by molar-refractivity contribution is 0.0550. The highest BCUT2D eigenvalue weighted by molar-refractivity contribution is 7.99. The fourth-order valence-electron chi connectivity index (χ4n) is 0.937. The van der Waals surface area contributed by atoms with Crippen LogP contribution in [0.25, 0.3) is 0 Å². The average molecular weight is 233 g/mol. The van der Waals surface area contributed by atoms with Crippen LogP contribution in [0.2, 0.25) is 0 Å². The Morgan fingerprint density at radius 3 is 3.00 bits per heavy atom. The van der Waals surface area contributed by atoms with Crippen molar-refractivity contribution in [2.45, 2.75) is 5.03 Å². The molecule has 6 heteroatoms. The molecule has 0 spiro atoms. The van der Waals surface area contributed by atoms with Crippen molar-refractivity contribution in [3.63, 3.8) is 0 Å². The molecule has 5 nitrogen and oxygen atoms in total. The minimum Gasteiger partial charge on any atom is -0.447 e. The molecule has 0 aromatic carbocycles. The highest BCUT2D eigenvalue weighted by Crippen LogP contribution is 2.19. The Hall–Kier alpha value is -2.05. The molecule has 1 aromatic rings. The standard InChI is InChI=1S/C10H7N3O2S/c11-3-6-15-10(14)8-2-1-5-13-9(8)16-7-4-12/h1-2,5H,6-7H2. The molecule has 0 N–H and O–H groups in total. The van der Waals surface area contributed by atoms with Crippen LogP contribution in [0.1, 0.15) is 10.4 Å². The normalized spacial score (nSPS) is 8.88. The van der Waals surface area contributed by atoms with Gasteiger partial charge < -0.3 is 4.74 Å². The van der Waals surface area contributed by atoms with Crippen LogP contribution in [0, 0.1) is 22.7 Å². The second-order valence-corrected chi connectivity index (χ2v) is 3.50. The monoisotopic (exact) mass is 233 g/mol. The Bertz CT molecular complexity index is 462. The van der Waals surface area contributed by atoms with Gasteiger partial charge >= 0.3 is 5.97 Å². The molecule has 16 heavy (non-hydrogen) atoms. The number of thioether (sulfide) groups is 1. The van der Waals surface area contributed by atoms with Crippen LogP contribution in [-0.4, -0.2) is 23.3 Å². The molecule has 0 aliphatic carbocycles. The van der Waals surface area contributed by atoms with Crippen LogP contribution in [0.15, 0.2) is 23.4 Å². The van der Waals surface area contributed by atoms with Crippen LogP contribution in [-0.2, 0) is 4.74 Å². The van der Waals surface area contributed by atoms with Crippen molar-refractivity contribution < 1.29 is 9.53 Å². The van der Waals surface area contributed by atoms with Crippen molar-refractivity contribution in [3.05, 3.63) is 23.9 Å². The van der Waals surface area contributed by atoms with E-state index in [9.17, 15) is 4.79 Å². The molecule has 0 atom stereocenters. The van der Waals surface area contributed by atoms with Crippen molar-refractivity contribution in [3.8, 4) is 12.1 Å². The van der Waals surface area contributed by atoms with E-state index in [-0.39, 0.29) is 17.9 Å². The summed E-state index contributed by atoms with van der Waals surface area (Å²) in [7, 11) is 0. The molecule has 1 rings (SSSR count). The Kier molecular flexibility index (Phi) is 4.84. The van der Waals surface area contributed by atoms with E-state index in [2.05, 4.69) is 9.72 Å². The summed E-state index contributed by atoms with van der Waals surface area (Å²) in [6.07, 6.45) is 1.53. The number of carbonyl (C=O) groups is 1. The van der Waals surface area contributed by atoms with Crippen molar-refractivity contribution in [1.29, 1.82) is 10.5 Å². The van der Waals surface area contributed by atoms with Gasteiger partial charge in [-0.1, -0.05) is 11.8 Å². The van der Waals surface area contributed by atoms with Gasteiger partial charge in [0.2, 0.25) is 0 Å². The maximum absolute atomic E-state index is 11.5. The third-order valence-corrected chi connectivity index (χ3v) is 2.40. The third kappa shape index (κ3) is 3.26. The quantitative estimate of drug-likeness (QED) is 0.576. The Balaban J connectivity index is 2.82. The summed E-state index contributed by atoms with van der Waals surface area (Å²) in [6.45, 7) is -0.296. The van der Waals surface area contributed by atoms with Gasteiger partial charge in [-0.15, -0.1) is 0 Å². The minimum absolute atomic E-state index is 0.204. The summed E-state index contributed by atoms with van der Waals surface area (Å²) in [5.41, 5.74) is 0.276. The highest BCUT2D eigenvalue weighted by Gasteiger charge is 2.13. The number of pyridine rings is 1. The molecular formula is C10H7N3O2S. The van der Waals surface area contributed by atoms with Crippen LogP contribution in [0.5, 0.6) is 0 Å². The summed E-state index contributed by atoms with van der Waals surface area (Å²) in [4.78, 5) is 15.5. The number of nitrogens with zero attached hydrogens (tertiary/aromatic N) is 3. The molecule has 1 aromatic heterocycles. The molecule has 0 amide bonds. The first-order valence-corrected chi connectivity index (χ1v) is 5.27. The highest BCUT2D eigenvalue weighted by atomic mass is 32.2. The van der Waals surface area contributed by atoms with Crippen LogP contribution < -0.4 is 0 Å². The zero-order valence-electron chi connectivity index (χ0n) is 8.21. The first-order valence-electron chi connectivity index (χ1n) is 4.28. The number of carbonyl (C=O) groups excluding carboxylic acids is 1. The molecule has 1 heterocycles. The van der Waals surface area contributed by atoms with E-state index in [1.807, 2.05) is 6.07 Å². The van der Waals surface area contributed by atoms with Crippen molar-refractivity contribution in [1.82, 2.24) is 4.98 Å². The van der Waals surface area contributed by atoms with Gasteiger partial charge in [0, 0.05) is 6.20 Å². The second-order valence-electron chi connectivity index (χ2n) is 2.54. The van der Waals surface area contributed by atoms with Crippen LogP contribution >= 0.6 is 11.8 Å². The Labute approximate surface area is 96.7 Å². The predicted octanol–water partition coefficient (Wildman–Crippen LogP) is 1.38. The Morgan fingerprint density at radius 2 is 2.31 bits per heavy atom. The molecule has 0 saturated carbocycles. The molecule has 0 fully saturated rings. The topological polar surface area (TPSA) is 86.8 Å². The smallest absolute Gasteiger partial charge is 0.341 e. The number of nitriles is 2. The van der Waals surface area contributed by atoms with E-state index in [1.54, 1.807) is 18.2 Å². The number of ether oxygens (including phenoxy) is 1. The molecule has 0 aliphatic rings. The lowest BCUT2D eigenvalue weighted by atomic mass is 10.3. The van der Waals surface area contributed by atoms with Crippen molar-refractivity contribution in [2.24, 2.45) is 0 Å². The van der Waals surface area contributed by atoms with Gasteiger partial charge in [0.1, 0.15) is 11.1 Å². The number of aromatic nitrogens is 1. The van der Waals surface area contributed by atoms with Gasteiger partial charge in [-0.05, 0) is 12.1 Å². The van der Waals surface area contributed by atoms with E-state index in [4.69, 9.17) is 10.5 Å². The zero-order valence-corrected chi connectivity index (χ0v) is 9.03. The van der Waals surface area contributed by atoms with Gasteiger partial charge in [-0.3, -0.25) is 0 Å². The average Bonchev–Trinajstić information content (AvgIpc) is 2.33. The first-order chi connectivity index (χ1) is 7.79. The van der Waals surface area contributed by atoms with Crippen molar-refractivity contribution in [2.75, 3.05) is 12.4 Å². The van der Waals surface area contributed by atoms with Gasteiger partial charge in [-0.25, -0.2) is 9.78 Å². The molecule has 0 aliphatic heterocycles. The maximum Gasteiger partial charge on any atom is 0.341 e. The summed E-state index contributed by atoms with van der Waals surface area (Å²) in [5.74, 6) is -0.398. The van der Waals surface area contributed by atoms with E-state index >= 15 is 0 Å². The third-order valence-electron chi connectivity index (χ3n) is 1.53. The summed E-state index contributed by atoms with van der Waals surface area (Å²) < 4.78 is 4.66. The predicted molar refractivity (Wildman–Crippen MR) is 56.5 cm³/mol. The minimum atomic E-state index is -0.602. The van der Waals surface area contributed by atoms with Crippen LogP contribution in [0.3, 0.4) is 0 Å². The lowest BCUT2D eigenvalue weighted by Crippen LogP contribution is -2.07. The molecule has 0 bridgehead atoms. The van der Waals surface area contributed by atoms with Gasteiger partial charge in [0.25, 0.3) is 0 Å². The Morgan fingerprint density at radius 1 is 1.50 bits per heavy atom. The molecule has 0 radical (unpaired) electrons. The number of esters is 1. The van der Waals surface area contributed by atoms with Crippen molar-refractivity contribution >= 4 is 17.7 Å². The fourth-order valence-corrected chi connectivity index (χ4v) is 1.58. The van der Waals surface area contributed by atoms with E-state index in [0.717, 1.165) is 11.8 Å². The summed E-state index contributed by atoms with van der Waals surface area (Å²) >= 11 is 1.15. The van der Waals surface area contributed by atoms with E-state index in [0.29, 0.717) is 5.03 Å². The van der Waals surface area contributed by atoms with Gasteiger partial charge in [0.05, 0.1) is 17.4 Å². The summed E-state index contributed by atoms with van der Waals surface area (Å²) in [6, 6.07) is 6.80. The van der Waals surface area contributed by atoms with E-state index in [1.165, 1.54) is 6.20 Å². The number of hydrogen-bond acceptors (Lipinski definition) is 6. The molecule has 80 valence electrons. The molecular weight excluding hydrogens is 226 g/mol. The molecule has 0 unspecified atom stereocenters. The number of hydrogen-bond donors (Lipinski definition) is 0. The SMILES string of the molecule is N#CCOC(=O)c1cccnc1SCC#N. The first kappa shape index (κ1) is 12.0. The summed E-state index contributed by atoms with van der Waals surface area (Å²) in [5, 5.41) is 17.2. The second kappa shape index (κ2) is 6.44. The van der Waals surface area contributed by atoms with Gasteiger partial charge in [0.15, 0.2) is 6.61 Å². The zero-order chi connectivity index (χ0) is 11.8. The lowest BCUT2D eigenvalue weighted by Gasteiger charge is -2.04. The van der Waals surface area contributed by atoms with Gasteiger partial charge in [-0.2, -0.15) is 10.5 Å². The van der Waals surface area contributed by atoms with Crippen LogP contribution in [0.4, 0.5) is 0 Å². The fraction of sp³-hybridized carbons (Fsp3) is 0.200. The molecule has 0 saturated heterocycles. The van der Waals surface area contributed by atoms with E-state index < -0.39 is 5.97 Å². The maximum atomic E-state index is 11.5. The number of rotatable bonds is 4.